The van der Waals surface area contributed by atoms with E-state index < -0.39 is 23.6 Å². The molecule has 0 atom stereocenters. The second-order valence-corrected chi connectivity index (χ2v) is 2.56. The molecule has 0 aromatic carbocycles. The van der Waals surface area contributed by atoms with Crippen LogP contribution in [-0.2, 0) is 0 Å². The van der Waals surface area contributed by atoms with Crippen LogP contribution in [0.25, 0.3) is 0 Å². The van der Waals surface area contributed by atoms with Crippen molar-refractivity contribution >= 4 is 6.29 Å². The molecule has 0 aliphatic rings. The molecule has 0 radical (unpaired) electrons. The molecule has 0 fully saturated rings. The summed E-state index contributed by atoms with van der Waals surface area (Å²) in [6, 6.07) is 0. The summed E-state index contributed by atoms with van der Waals surface area (Å²) < 4.78 is 43.6. The lowest BCUT2D eigenvalue weighted by Crippen LogP contribution is -2.18. The third-order valence-electron chi connectivity index (χ3n) is 1.57. The van der Waals surface area contributed by atoms with E-state index in [4.69, 9.17) is 0 Å². The minimum atomic E-state index is -5.00. The van der Waals surface area contributed by atoms with E-state index in [1.54, 1.807) is 0 Å². The van der Waals surface area contributed by atoms with Crippen molar-refractivity contribution in [2.45, 2.75) is 6.36 Å². The molecule has 1 aromatic rings. The summed E-state index contributed by atoms with van der Waals surface area (Å²) in [6.07, 6.45) is -4.02. The van der Waals surface area contributed by atoms with Crippen LogP contribution in [0.3, 0.4) is 0 Å². The maximum Gasteiger partial charge on any atom is 0.574 e. The lowest BCUT2D eigenvalue weighted by atomic mass is 10.2. The van der Waals surface area contributed by atoms with Gasteiger partial charge in [0.2, 0.25) is 0 Å². The van der Waals surface area contributed by atoms with Crippen LogP contribution in [0.2, 0.25) is 0 Å². The van der Waals surface area contributed by atoms with Crippen LogP contribution in [0, 0.1) is 0 Å². The Morgan fingerprint density at radius 3 is 2.56 bits per heavy atom. The van der Waals surface area contributed by atoms with E-state index in [2.05, 4.69) is 14.5 Å². The summed E-state index contributed by atoms with van der Waals surface area (Å²) in [5.74, 6) is -2.27. The van der Waals surface area contributed by atoms with Crippen molar-refractivity contribution in [1.82, 2.24) is 4.98 Å². The number of hydrogen-bond acceptors (Lipinski definition) is 5. The molecular formula is C8H6F3NO4. The predicted molar refractivity (Wildman–Crippen MR) is 44.5 cm³/mol. The number of aromatic hydroxyl groups is 1. The zero-order valence-corrected chi connectivity index (χ0v) is 7.91. The van der Waals surface area contributed by atoms with Gasteiger partial charge in [-0.15, -0.1) is 13.2 Å². The van der Waals surface area contributed by atoms with Gasteiger partial charge in [0.25, 0.3) is 5.88 Å². The van der Waals surface area contributed by atoms with Gasteiger partial charge in [0.1, 0.15) is 5.56 Å². The molecule has 8 heteroatoms. The van der Waals surface area contributed by atoms with Crippen LogP contribution in [0.5, 0.6) is 17.4 Å². The highest BCUT2D eigenvalue weighted by Crippen LogP contribution is 2.35. The first kappa shape index (κ1) is 12.1. The summed E-state index contributed by atoms with van der Waals surface area (Å²) in [5.41, 5.74) is -0.461. The lowest BCUT2D eigenvalue weighted by Gasteiger charge is -2.11. The number of aldehydes is 1. The minimum absolute atomic E-state index is 0.138. The van der Waals surface area contributed by atoms with E-state index in [1.165, 1.54) is 7.11 Å². The fourth-order valence-corrected chi connectivity index (χ4v) is 0.941. The largest absolute Gasteiger partial charge is 0.574 e. The molecule has 0 amide bonds. The molecule has 1 heterocycles. The number of alkyl halides is 3. The molecule has 0 unspecified atom stereocenters. The summed E-state index contributed by atoms with van der Waals surface area (Å²) in [5, 5.41) is 9.27. The van der Waals surface area contributed by atoms with Gasteiger partial charge in [-0.3, -0.25) is 4.79 Å². The van der Waals surface area contributed by atoms with E-state index in [-0.39, 0.29) is 12.0 Å². The van der Waals surface area contributed by atoms with Crippen molar-refractivity contribution in [3.63, 3.8) is 0 Å². The molecular weight excluding hydrogens is 231 g/mol. The predicted octanol–water partition coefficient (Wildman–Crippen LogP) is 1.51. The monoisotopic (exact) mass is 237 g/mol. The number of halogens is 3. The van der Waals surface area contributed by atoms with Gasteiger partial charge in [-0.25, -0.2) is 4.98 Å². The quantitative estimate of drug-likeness (QED) is 0.807. The van der Waals surface area contributed by atoms with E-state index >= 15 is 0 Å². The number of carbonyl (C=O) groups excluding carboxylic acids is 1. The maximum atomic E-state index is 11.8. The van der Waals surface area contributed by atoms with Crippen LogP contribution in [0.4, 0.5) is 13.2 Å². The molecule has 0 saturated carbocycles. The Kier molecular flexibility index (Phi) is 3.21. The van der Waals surface area contributed by atoms with Crippen LogP contribution in [0.1, 0.15) is 10.4 Å². The van der Waals surface area contributed by atoms with Crippen LogP contribution < -0.4 is 9.47 Å². The first-order valence-electron chi connectivity index (χ1n) is 3.86. The Balaban J connectivity index is 3.19. The lowest BCUT2D eigenvalue weighted by molar-refractivity contribution is -0.276. The van der Waals surface area contributed by atoms with Crippen molar-refractivity contribution in [2.24, 2.45) is 0 Å². The molecule has 0 aliphatic carbocycles. The molecule has 0 bridgehead atoms. The smallest absolute Gasteiger partial charge is 0.503 e. The molecule has 5 nitrogen and oxygen atoms in total. The third kappa shape index (κ3) is 2.53. The number of pyridine rings is 1. The van der Waals surface area contributed by atoms with Gasteiger partial charge in [-0.2, -0.15) is 0 Å². The Morgan fingerprint density at radius 1 is 1.50 bits per heavy atom. The van der Waals surface area contributed by atoms with Crippen molar-refractivity contribution in [1.29, 1.82) is 0 Å². The van der Waals surface area contributed by atoms with Gasteiger partial charge >= 0.3 is 6.36 Å². The average Bonchev–Trinajstić information content (AvgIpc) is 2.19. The van der Waals surface area contributed by atoms with Crippen molar-refractivity contribution in [3.8, 4) is 17.4 Å². The van der Waals surface area contributed by atoms with E-state index in [9.17, 15) is 23.1 Å². The summed E-state index contributed by atoms with van der Waals surface area (Å²) >= 11 is 0. The molecule has 0 saturated heterocycles. The topological polar surface area (TPSA) is 68.7 Å². The second kappa shape index (κ2) is 4.25. The summed E-state index contributed by atoms with van der Waals surface area (Å²) in [6.45, 7) is 0. The highest BCUT2D eigenvalue weighted by Gasteiger charge is 2.34. The third-order valence-corrected chi connectivity index (χ3v) is 1.57. The van der Waals surface area contributed by atoms with Gasteiger partial charge in [-0.1, -0.05) is 0 Å². The van der Waals surface area contributed by atoms with Crippen molar-refractivity contribution in [2.75, 3.05) is 7.11 Å². The Labute approximate surface area is 87.4 Å². The highest BCUT2D eigenvalue weighted by atomic mass is 19.4. The molecule has 88 valence electrons. The van der Waals surface area contributed by atoms with Crippen LogP contribution >= 0.6 is 0 Å². The number of carbonyl (C=O) groups is 1. The standard InChI is InChI=1S/C8H6F3NO4/c1-15-5-2-12-7(16-8(9,10)11)6(14)4(5)3-13/h2-3,14H,1H3. The summed E-state index contributed by atoms with van der Waals surface area (Å²) in [7, 11) is 1.17. The number of rotatable bonds is 3. The Morgan fingerprint density at radius 2 is 2.12 bits per heavy atom. The molecule has 1 aromatic heterocycles. The van der Waals surface area contributed by atoms with Crippen LogP contribution in [0.15, 0.2) is 6.20 Å². The van der Waals surface area contributed by atoms with Crippen LogP contribution in [-0.4, -0.2) is 29.8 Å². The van der Waals surface area contributed by atoms with Gasteiger partial charge < -0.3 is 14.6 Å². The first-order chi connectivity index (χ1) is 7.39. The fraction of sp³-hybridized carbons (Fsp3) is 0.250. The zero-order chi connectivity index (χ0) is 12.3. The summed E-state index contributed by atoms with van der Waals surface area (Å²) in [4.78, 5) is 13.7. The minimum Gasteiger partial charge on any atom is -0.503 e. The van der Waals surface area contributed by atoms with E-state index in [0.29, 0.717) is 0 Å². The molecule has 16 heavy (non-hydrogen) atoms. The maximum absolute atomic E-state index is 11.8. The van der Waals surface area contributed by atoms with Crippen molar-refractivity contribution < 1.29 is 32.5 Å². The molecule has 0 spiro atoms. The van der Waals surface area contributed by atoms with Gasteiger partial charge in [0.05, 0.1) is 13.3 Å². The Bertz CT molecular complexity index is 405. The normalized spacial score (nSPS) is 11.0. The second-order valence-electron chi connectivity index (χ2n) is 2.56. The van der Waals surface area contributed by atoms with Gasteiger partial charge in [0.15, 0.2) is 17.8 Å². The number of nitrogens with zero attached hydrogens (tertiary/aromatic N) is 1. The van der Waals surface area contributed by atoms with Crippen molar-refractivity contribution in [3.05, 3.63) is 11.8 Å². The average molecular weight is 237 g/mol. The number of aromatic nitrogens is 1. The van der Waals surface area contributed by atoms with Gasteiger partial charge in [0, 0.05) is 0 Å². The van der Waals surface area contributed by atoms with E-state index in [1.807, 2.05) is 0 Å². The number of hydrogen-bond donors (Lipinski definition) is 1. The van der Waals surface area contributed by atoms with Gasteiger partial charge in [-0.05, 0) is 0 Å². The zero-order valence-electron chi connectivity index (χ0n) is 7.91. The molecule has 0 aliphatic heterocycles. The molecule has 1 rings (SSSR count). The fourth-order valence-electron chi connectivity index (χ4n) is 0.941. The SMILES string of the molecule is COc1cnc(OC(F)(F)F)c(O)c1C=O. The highest BCUT2D eigenvalue weighted by molar-refractivity contribution is 5.84. The first-order valence-corrected chi connectivity index (χ1v) is 3.86. The van der Waals surface area contributed by atoms with E-state index in [0.717, 1.165) is 6.20 Å². The molecule has 1 N–H and O–H groups in total. The Hall–Kier alpha value is -1.99. The number of ether oxygens (including phenoxy) is 2. The number of methoxy groups -OCH3 is 1.